The van der Waals surface area contributed by atoms with Crippen LogP contribution >= 0.6 is 0 Å². The molecule has 2 N–H and O–H groups in total. The van der Waals surface area contributed by atoms with Gasteiger partial charge in [-0.05, 0) is 38.4 Å². The average molecular weight is 208 g/mol. The highest BCUT2D eigenvalue weighted by Gasteiger charge is 2.23. The monoisotopic (exact) mass is 208 g/mol. The van der Waals surface area contributed by atoms with Crippen LogP contribution in [-0.4, -0.2) is 18.5 Å². The predicted octanol–water partition coefficient (Wildman–Crippen LogP) is 1.21. The second-order valence-corrected chi connectivity index (χ2v) is 3.89. The summed E-state index contributed by atoms with van der Waals surface area (Å²) in [5.74, 6) is 0.859. The number of hydrogen-bond acceptors (Lipinski definition) is 3. The van der Waals surface area contributed by atoms with Crippen LogP contribution in [0.4, 0.5) is 0 Å². The molecule has 1 aromatic rings. The van der Waals surface area contributed by atoms with Gasteiger partial charge in [-0.2, -0.15) is 0 Å². The lowest BCUT2D eigenvalue weighted by atomic mass is 10.2. The first-order valence-electron chi connectivity index (χ1n) is 5.34. The topological polar surface area (TPSA) is 54.3 Å². The lowest BCUT2D eigenvalue weighted by Gasteiger charge is -2.15. The van der Waals surface area contributed by atoms with Crippen LogP contribution in [0.3, 0.4) is 0 Å². The van der Waals surface area contributed by atoms with Gasteiger partial charge in [-0.15, -0.1) is 0 Å². The fourth-order valence-electron chi connectivity index (χ4n) is 1.83. The van der Waals surface area contributed by atoms with E-state index < -0.39 is 0 Å². The zero-order chi connectivity index (χ0) is 10.7. The molecule has 2 unspecified atom stereocenters. The number of amides is 1. The number of furan rings is 1. The van der Waals surface area contributed by atoms with Gasteiger partial charge in [0.15, 0.2) is 0 Å². The van der Waals surface area contributed by atoms with Gasteiger partial charge in [0.05, 0.1) is 18.3 Å². The van der Waals surface area contributed by atoms with E-state index in [1.807, 2.05) is 19.1 Å². The second kappa shape index (κ2) is 4.49. The molecule has 4 heteroatoms. The molecule has 1 aliphatic heterocycles. The van der Waals surface area contributed by atoms with Gasteiger partial charge in [-0.1, -0.05) is 0 Å². The number of hydrogen-bond donors (Lipinski definition) is 2. The van der Waals surface area contributed by atoms with E-state index in [1.54, 1.807) is 6.26 Å². The fraction of sp³-hybridized carbons (Fsp3) is 0.545. The normalized spacial score (nSPS) is 22.6. The summed E-state index contributed by atoms with van der Waals surface area (Å²) in [7, 11) is 0. The van der Waals surface area contributed by atoms with Gasteiger partial charge in [0.2, 0.25) is 5.91 Å². The SMILES string of the molecule is CC(NC(=O)C1CCCN1)c1ccco1. The predicted molar refractivity (Wildman–Crippen MR) is 56.3 cm³/mol. The van der Waals surface area contributed by atoms with Crippen molar-refractivity contribution in [1.82, 2.24) is 10.6 Å². The van der Waals surface area contributed by atoms with Crippen molar-refractivity contribution in [2.45, 2.75) is 31.8 Å². The quantitative estimate of drug-likeness (QED) is 0.785. The molecular weight excluding hydrogens is 192 g/mol. The maximum atomic E-state index is 11.7. The minimum Gasteiger partial charge on any atom is -0.467 e. The first-order chi connectivity index (χ1) is 7.27. The summed E-state index contributed by atoms with van der Waals surface area (Å²) in [5, 5.41) is 6.09. The molecule has 15 heavy (non-hydrogen) atoms. The van der Waals surface area contributed by atoms with E-state index in [2.05, 4.69) is 10.6 Å². The van der Waals surface area contributed by atoms with Crippen LogP contribution in [0.1, 0.15) is 31.6 Å². The third-order valence-corrected chi connectivity index (χ3v) is 2.71. The van der Waals surface area contributed by atoms with Gasteiger partial charge < -0.3 is 15.1 Å². The highest BCUT2D eigenvalue weighted by molar-refractivity contribution is 5.82. The molecule has 0 aromatic carbocycles. The van der Waals surface area contributed by atoms with Crippen molar-refractivity contribution in [3.8, 4) is 0 Å². The minimum atomic E-state index is -0.0603. The zero-order valence-corrected chi connectivity index (χ0v) is 8.82. The van der Waals surface area contributed by atoms with E-state index in [0.717, 1.165) is 25.1 Å². The number of carbonyl (C=O) groups excluding carboxylic acids is 1. The molecule has 0 spiro atoms. The van der Waals surface area contributed by atoms with Crippen LogP contribution < -0.4 is 10.6 Å². The molecule has 1 aliphatic rings. The molecule has 1 fully saturated rings. The van der Waals surface area contributed by atoms with Crippen molar-refractivity contribution in [2.75, 3.05) is 6.54 Å². The first-order valence-corrected chi connectivity index (χ1v) is 5.34. The summed E-state index contributed by atoms with van der Waals surface area (Å²) in [4.78, 5) is 11.7. The first kappa shape index (κ1) is 10.2. The Labute approximate surface area is 89.0 Å². The van der Waals surface area contributed by atoms with E-state index >= 15 is 0 Å². The largest absolute Gasteiger partial charge is 0.467 e. The van der Waals surface area contributed by atoms with Crippen LogP contribution in [-0.2, 0) is 4.79 Å². The van der Waals surface area contributed by atoms with Crippen molar-refractivity contribution in [2.24, 2.45) is 0 Å². The number of nitrogens with one attached hydrogen (secondary N) is 2. The van der Waals surface area contributed by atoms with Gasteiger partial charge in [0.25, 0.3) is 0 Å². The lowest BCUT2D eigenvalue weighted by Crippen LogP contribution is -2.41. The maximum Gasteiger partial charge on any atom is 0.237 e. The van der Waals surface area contributed by atoms with E-state index in [9.17, 15) is 4.79 Å². The Hall–Kier alpha value is -1.29. The van der Waals surface area contributed by atoms with Crippen molar-refractivity contribution >= 4 is 5.91 Å². The van der Waals surface area contributed by atoms with Crippen LogP contribution in [0.25, 0.3) is 0 Å². The van der Waals surface area contributed by atoms with Gasteiger partial charge in [-0.25, -0.2) is 0 Å². The summed E-state index contributed by atoms with van der Waals surface area (Å²) in [6, 6.07) is 3.61. The summed E-state index contributed by atoms with van der Waals surface area (Å²) < 4.78 is 5.22. The summed E-state index contributed by atoms with van der Waals surface area (Å²) in [5.41, 5.74) is 0. The molecule has 1 aromatic heterocycles. The Morgan fingerprint density at radius 1 is 1.73 bits per heavy atom. The van der Waals surface area contributed by atoms with E-state index in [4.69, 9.17) is 4.42 Å². The van der Waals surface area contributed by atoms with Gasteiger partial charge in [-0.3, -0.25) is 4.79 Å². The number of rotatable bonds is 3. The Bertz CT molecular complexity index is 315. The van der Waals surface area contributed by atoms with Crippen molar-refractivity contribution in [3.63, 3.8) is 0 Å². The smallest absolute Gasteiger partial charge is 0.237 e. The molecule has 0 radical (unpaired) electrons. The summed E-state index contributed by atoms with van der Waals surface area (Å²) >= 11 is 0. The highest BCUT2D eigenvalue weighted by atomic mass is 16.3. The molecule has 0 aliphatic carbocycles. The summed E-state index contributed by atoms with van der Waals surface area (Å²) in [6.45, 7) is 2.86. The third-order valence-electron chi connectivity index (χ3n) is 2.71. The van der Waals surface area contributed by atoms with Gasteiger partial charge in [0.1, 0.15) is 5.76 Å². The third kappa shape index (κ3) is 2.39. The Kier molecular flexibility index (Phi) is 3.06. The molecule has 2 atom stereocenters. The highest BCUT2D eigenvalue weighted by Crippen LogP contribution is 2.13. The molecule has 1 saturated heterocycles. The zero-order valence-electron chi connectivity index (χ0n) is 8.82. The molecule has 1 amide bonds. The van der Waals surface area contributed by atoms with Gasteiger partial charge in [0, 0.05) is 0 Å². The Balaban J connectivity index is 1.88. The number of carbonyl (C=O) groups is 1. The minimum absolute atomic E-state index is 0.0255. The van der Waals surface area contributed by atoms with E-state index in [1.165, 1.54) is 0 Å². The molecule has 2 heterocycles. The van der Waals surface area contributed by atoms with Crippen LogP contribution in [0.15, 0.2) is 22.8 Å². The Morgan fingerprint density at radius 3 is 3.20 bits per heavy atom. The Morgan fingerprint density at radius 2 is 2.60 bits per heavy atom. The molecule has 0 bridgehead atoms. The van der Waals surface area contributed by atoms with Crippen LogP contribution in [0.5, 0.6) is 0 Å². The fourth-order valence-corrected chi connectivity index (χ4v) is 1.83. The molecule has 82 valence electrons. The summed E-state index contributed by atoms with van der Waals surface area (Å²) in [6.07, 6.45) is 3.62. The van der Waals surface area contributed by atoms with Crippen molar-refractivity contribution in [3.05, 3.63) is 24.2 Å². The second-order valence-electron chi connectivity index (χ2n) is 3.89. The lowest BCUT2D eigenvalue weighted by molar-refractivity contribution is -0.123. The van der Waals surface area contributed by atoms with Crippen molar-refractivity contribution in [1.29, 1.82) is 0 Å². The molecular formula is C11H16N2O2. The van der Waals surface area contributed by atoms with Gasteiger partial charge >= 0.3 is 0 Å². The average Bonchev–Trinajstić information content (AvgIpc) is 2.91. The van der Waals surface area contributed by atoms with E-state index in [0.29, 0.717) is 0 Å². The molecule has 4 nitrogen and oxygen atoms in total. The van der Waals surface area contributed by atoms with E-state index in [-0.39, 0.29) is 18.0 Å². The van der Waals surface area contributed by atoms with Crippen molar-refractivity contribution < 1.29 is 9.21 Å². The maximum absolute atomic E-state index is 11.7. The van der Waals surface area contributed by atoms with Crippen LogP contribution in [0, 0.1) is 0 Å². The van der Waals surface area contributed by atoms with Crippen LogP contribution in [0.2, 0.25) is 0 Å². The molecule has 2 rings (SSSR count). The molecule has 0 saturated carbocycles. The standard InChI is InChI=1S/C11H16N2O2/c1-8(10-5-3-7-15-10)13-11(14)9-4-2-6-12-9/h3,5,7-9,12H,2,4,6H2,1H3,(H,13,14).